The summed E-state index contributed by atoms with van der Waals surface area (Å²) in [6.07, 6.45) is 6.92. The van der Waals surface area contributed by atoms with Crippen LogP contribution in [-0.2, 0) is 10.1 Å². The van der Waals surface area contributed by atoms with Gasteiger partial charge in [0.2, 0.25) is 0 Å². The molecule has 0 saturated heterocycles. The van der Waals surface area contributed by atoms with E-state index in [0.29, 0.717) is 6.42 Å². The number of hydrogen-bond donors (Lipinski definition) is 1. The van der Waals surface area contributed by atoms with E-state index < -0.39 is 10.1 Å². The Morgan fingerprint density at radius 2 is 2.31 bits per heavy atom. The molecule has 13 heavy (non-hydrogen) atoms. The molecule has 1 aliphatic rings. The predicted octanol–water partition coefficient (Wildman–Crippen LogP) is 1.91. The van der Waals surface area contributed by atoms with Crippen molar-refractivity contribution in [1.82, 2.24) is 0 Å². The third-order valence-corrected chi connectivity index (χ3v) is 3.03. The Bertz CT molecular complexity index is 376. The van der Waals surface area contributed by atoms with Crippen LogP contribution in [0.3, 0.4) is 0 Å². The van der Waals surface area contributed by atoms with E-state index in [-0.39, 0.29) is 10.3 Å². The summed E-state index contributed by atoms with van der Waals surface area (Å²) < 4.78 is 30.1. The highest BCUT2D eigenvalue weighted by atomic mass is 32.2. The summed E-state index contributed by atoms with van der Waals surface area (Å²) >= 11 is 0. The van der Waals surface area contributed by atoms with Crippen LogP contribution in [0.1, 0.15) is 13.3 Å². The van der Waals surface area contributed by atoms with Gasteiger partial charge in [-0.25, -0.2) is 0 Å². The van der Waals surface area contributed by atoms with Crippen molar-refractivity contribution in [2.24, 2.45) is 5.41 Å². The molecule has 0 saturated carbocycles. The lowest BCUT2D eigenvalue weighted by Crippen LogP contribution is -2.13. The second kappa shape index (κ2) is 3.12. The van der Waals surface area contributed by atoms with Crippen LogP contribution in [0, 0.1) is 5.41 Å². The Morgan fingerprint density at radius 1 is 1.69 bits per heavy atom. The maximum Gasteiger partial charge on any atom is 0.294 e. The average molecular weight is 200 g/mol. The van der Waals surface area contributed by atoms with Gasteiger partial charge >= 0.3 is 0 Å². The fourth-order valence-electron chi connectivity index (χ4n) is 1.07. The number of hydrogen-bond acceptors (Lipinski definition) is 2. The second-order valence-corrected chi connectivity index (χ2v) is 4.75. The van der Waals surface area contributed by atoms with Crippen molar-refractivity contribution in [3.8, 4) is 0 Å². The number of allylic oxidation sites excluding steroid dienone is 4. The molecular formula is C9H12O3S. The minimum absolute atomic E-state index is 0.0353. The Hall–Kier alpha value is -0.870. The van der Waals surface area contributed by atoms with Crippen molar-refractivity contribution in [3.05, 3.63) is 35.8 Å². The predicted molar refractivity (Wildman–Crippen MR) is 51.7 cm³/mol. The molecular weight excluding hydrogens is 188 g/mol. The molecule has 0 aromatic rings. The Labute approximate surface area is 78.2 Å². The van der Waals surface area contributed by atoms with Gasteiger partial charge in [0.15, 0.2) is 0 Å². The van der Waals surface area contributed by atoms with Gasteiger partial charge < -0.3 is 0 Å². The molecule has 0 amide bonds. The Balaban J connectivity index is 2.95. The molecule has 72 valence electrons. The van der Waals surface area contributed by atoms with Crippen LogP contribution in [-0.4, -0.2) is 13.0 Å². The van der Waals surface area contributed by atoms with E-state index in [4.69, 9.17) is 4.55 Å². The van der Waals surface area contributed by atoms with Crippen LogP contribution in [0.2, 0.25) is 0 Å². The molecule has 0 bridgehead atoms. The largest absolute Gasteiger partial charge is 0.294 e. The van der Waals surface area contributed by atoms with Crippen molar-refractivity contribution in [3.63, 3.8) is 0 Å². The van der Waals surface area contributed by atoms with E-state index in [9.17, 15) is 8.42 Å². The summed E-state index contributed by atoms with van der Waals surface area (Å²) in [5.41, 5.74) is -0.200. The van der Waals surface area contributed by atoms with E-state index in [1.807, 2.05) is 6.92 Å². The van der Waals surface area contributed by atoms with Gasteiger partial charge in [-0.1, -0.05) is 25.2 Å². The van der Waals surface area contributed by atoms with Gasteiger partial charge in [0, 0.05) is 5.41 Å². The van der Waals surface area contributed by atoms with Crippen LogP contribution in [0.25, 0.3) is 0 Å². The molecule has 0 aromatic heterocycles. The van der Waals surface area contributed by atoms with Crippen LogP contribution in [0.5, 0.6) is 0 Å². The lowest BCUT2D eigenvalue weighted by Gasteiger charge is -2.22. The topological polar surface area (TPSA) is 54.4 Å². The van der Waals surface area contributed by atoms with Gasteiger partial charge in [-0.2, -0.15) is 8.42 Å². The van der Waals surface area contributed by atoms with Gasteiger partial charge in [0.05, 0.1) is 4.91 Å². The molecule has 3 nitrogen and oxygen atoms in total. The molecule has 1 rings (SSSR count). The first-order valence-corrected chi connectivity index (χ1v) is 5.32. The van der Waals surface area contributed by atoms with Crippen LogP contribution in [0.15, 0.2) is 35.8 Å². The summed E-state index contributed by atoms with van der Waals surface area (Å²) in [7, 11) is -4.04. The minimum atomic E-state index is -4.04. The van der Waals surface area contributed by atoms with Gasteiger partial charge in [-0.05, 0) is 12.5 Å². The second-order valence-electron chi connectivity index (χ2n) is 3.33. The summed E-state index contributed by atoms with van der Waals surface area (Å²) in [4.78, 5) is -0.0353. The van der Waals surface area contributed by atoms with Crippen LogP contribution >= 0.6 is 0 Å². The normalized spacial score (nSPS) is 28.3. The van der Waals surface area contributed by atoms with Crippen molar-refractivity contribution in [2.75, 3.05) is 0 Å². The third-order valence-electron chi connectivity index (χ3n) is 2.14. The summed E-state index contributed by atoms with van der Waals surface area (Å²) in [6, 6.07) is 0. The maximum atomic E-state index is 10.7. The molecule has 0 aliphatic heterocycles. The Morgan fingerprint density at radius 3 is 2.62 bits per heavy atom. The standard InChI is InChI=1S/C9H12O3S/c1-3-9(2)6-4-8(5-7-9)13(10,11)12/h3-6H,1,7H2,2H3,(H,10,11,12). The first-order valence-electron chi connectivity index (χ1n) is 3.88. The van der Waals surface area contributed by atoms with Crippen molar-refractivity contribution >= 4 is 10.1 Å². The smallest absolute Gasteiger partial charge is 0.282 e. The quantitative estimate of drug-likeness (QED) is 0.547. The Kier molecular flexibility index (Phi) is 2.45. The number of rotatable bonds is 2. The van der Waals surface area contributed by atoms with Crippen LogP contribution in [0.4, 0.5) is 0 Å². The van der Waals surface area contributed by atoms with E-state index in [1.54, 1.807) is 12.2 Å². The first-order chi connectivity index (χ1) is 5.87. The average Bonchev–Trinajstić information content (AvgIpc) is 2.04. The molecule has 1 atom stereocenters. The molecule has 1 unspecified atom stereocenters. The summed E-state index contributed by atoms with van der Waals surface area (Å²) in [6.45, 7) is 5.59. The van der Waals surface area contributed by atoms with E-state index >= 15 is 0 Å². The fourth-order valence-corrected chi connectivity index (χ4v) is 1.61. The maximum absolute atomic E-state index is 10.7. The van der Waals surface area contributed by atoms with Crippen LogP contribution < -0.4 is 0 Å². The molecule has 1 aliphatic carbocycles. The zero-order chi connectivity index (χ0) is 10.1. The van der Waals surface area contributed by atoms with Gasteiger partial charge in [-0.3, -0.25) is 4.55 Å². The highest BCUT2D eigenvalue weighted by Gasteiger charge is 2.22. The van der Waals surface area contributed by atoms with E-state index in [0.717, 1.165) is 0 Å². The SMILES string of the molecule is C=CC1(C)C=CC(S(=O)(=O)O)=CC1. The fraction of sp³-hybridized carbons (Fsp3) is 0.333. The zero-order valence-corrected chi connectivity index (χ0v) is 8.21. The molecule has 0 fully saturated rings. The molecule has 1 N–H and O–H groups in total. The lowest BCUT2D eigenvalue weighted by atomic mass is 9.84. The molecule has 0 heterocycles. The van der Waals surface area contributed by atoms with Crippen molar-refractivity contribution in [1.29, 1.82) is 0 Å². The highest BCUT2D eigenvalue weighted by Crippen LogP contribution is 2.31. The zero-order valence-electron chi connectivity index (χ0n) is 7.40. The summed E-state index contributed by atoms with van der Waals surface area (Å²) in [5, 5.41) is 0. The third kappa shape index (κ3) is 2.29. The van der Waals surface area contributed by atoms with E-state index in [2.05, 4.69) is 6.58 Å². The minimum Gasteiger partial charge on any atom is -0.282 e. The first kappa shape index (κ1) is 10.2. The van der Waals surface area contributed by atoms with Gasteiger partial charge in [-0.15, -0.1) is 6.58 Å². The van der Waals surface area contributed by atoms with Gasteiger partial charge in [0.1, 0.15) is 0 Å². The van der Waals surface area contributed by atoms with Crippen molar-refractivity contribution in [2.45, 2.75) is 13.3 Å². The molecule has 0 radical (unpaired) electrons. The van der Waals surface area contributed by atoms with Crippen molar-refractivity contribution < 1.29 is 13.0 Å². The van der Waals surface area contributed by atoms with E-state index in [1.165, 1.54) is 12.2 Å². The molecule has 0 aromatic carbocycles. The summed E-state index contributed by atoms with van der Waals surface area (Å²) in [5.74, 6) is 0. The lowest BCUT2D eigenvalue weighted by molar-refractivity contribution is 0.489. The monoisotopic (exact) mass is 200 g/mol. The molecule has 0 spiro atoms. The molecule has 4 heteroatoms. The highest BCUT2D eigenvalue weighted by molar-refractivity contribution is 7.90. The van der Waals surface area contributed by atoms with Gasteiger partial charge in [0.25, 0.3) is 10.1 Å².